The minimum atomic E-state index is -0.222. The molecular weight excluding hydrogens is 425 g/mol. The third kappa shape index (κ3) is 5.82. The molecule has 0 spiro atoms. The van der Waals surface area contributed by atoms with E-state index in [-0.39, 0.29) is 5.82 Å². The Morgan fingerprint density at radius 1 is 1.00 bits per heavy atom. The van der Waals surface area contributed by atoms with Crippen LogP contribution in [0.4, 0.5) is 4.39 Å². The molecule has 0 aliphatic carbocycles. The van der Waals surface area contributed by atoms with Gasteiger partial charge in [0.1, 0.15) is 11.3 Å². The minimum Gasteiger partial charge on any atom is -0.493 e. The Morgan fingerprint density at radius 2 is 1.69 bits per heavy atom. The third-order valence-corrected chi connectivity index (χ3v) is 6.55. The highest BCUT2D eigenvalue weighted by atomic mass is 32.2. The van der Waals surface area contributed by atoms with Gasteiger partial charge in [-0.3, -0.25) is 5.41 Å². The van der Waals surface area contributed by atoms with Gasteiger partial charge < -0.3 is 14.0 Å². The maximum atomic E-state index is 14.1. The molecule has 5 nitrogen and oxygen atoms in total. The zero-order valence-electron chi connectivity index (χ0n) is 19.1. The second-order valence-electron chi connectivity index (χ2n) is 7.77. The lowest BCUT2D eigenvalue weighted by atomic mass is 10.1. The highest BCUT2D eigenvalue weighted by Gasteiger charge is 2.14. The number of ether oxygens (including phenoxy) is 2. The second-order valence-corrected chi connectivity index (χ2v) is 8.71. The summed E-state index contributed by atoms with van der Waals surface area (Å²) in [4.78, 5) is 4.84. The molecule has 0 aliphatic heterocycles. The highest BCUT2D eigenvalue weighted by Crippen LogP contribution is 2.31. The molecule has 2 aromatic carbocycles. The van der Waals surface area contributed by atoms with E-state index in [9.17, 15) is 4.39 Å². The average molecular weight is 458 g/mol. The number of rotatable bonds is 12. The molecule has 32 heavy (non-hydrogen) atoms. The van der Waals surface area contributed by atoms with Crippen LogP contribution in [-0.2, 0) is 12.3 Å². The molecule has 7 heteroatoms. The summed E-state index contributed by atoms with van der Waals surface area (Å²) in [6.45, 7) is 2.92. The number of unbranched alkanes of at least 4 members (excludes halogenated alkanes) is 5. The maximum Gasteiger partial charge on any atom is 0.170 e. The largest absolute Gasteiger partial charge is 0.493 e. The Morgan fingerprint density at radius 3 is 2.41 bits per heavy atom. The van der Waals surface area contributed by atoms with E-state index >= 15 is 0 Å². The monoisotopic (exact) mass is 457 g/mol. The van der Waals surface area contributed by atoms with Crippen molar-refractivity contribution in [3.05, 3.63) is 53.3 Å². The molecule has 0 aliphatic rings. The Labute approximate surface area is 193 Å². The van der Waals surface area contributed by atoms with Gasteiger partial charge >= 0.3 is 0 Å². The number of methoxy groups -OCH3 is 2. The first-order chi connectivity index (χ1) is 15.6. The van der Waals surface area contributed by atoms with Crippen LogP contribution >= 0.6 is 11.8 Å². The number of halogens is 1. The highest BCUT2D eigenvalue weighted by molar-refractivity contribution is 7.98. The van der Waals surface area contributed by atoms with E-state index < -0.39 is 0 Å². The van der Waals surface area contributed by atoms with Gasteiger partial charge in [0.2, 0.25) is 0 Å². The van der Waals surface area contributed by atoms with Gasteiger partial charge in [-0.25, -0.2) is 9.37 Å². The van der Waals surface area contributed by atoms with Gasteiger partial charge in [0, 0.05) is 23.8 Å². The van der Waals surface area contributed by atoms with Crippen LogP contribution in [-0.4, -0.2) is 23.8 Å². The number of fused-ring (bicyclic) bond motifs is 1. The lowest BCUT2D eigenvalue weighted by Gasteiger charge is -2.16. The van der Waals surface area contributed by atoms with Crippen LogP contribution in [0.15, 0.2) is 41.6 Å². The van der Waals surface area contributed by atoms with Crippen LogP contribution in [0.5, 0.6) is 11.5 Å². The molecule has 0 radical (unpaired) electrons. The van der Waals surface area contributed by atoms with E-state index in [0.29, 0.717) is 50.9 Å². The fourth-order valence-electron chi connectivity index (χ4n) is 3.68. The van der Waals surface area contributed by atoms with Gasteiger partial charge in [0.25, 0.3) is 0 Å². The van der Waals surface area contributed by atoms with Crippen molar-refractivity contribution in [2.75, 3.05) is 14.2 Å². The van der Waals surface area contributed by atoms with E-state index in [1.165, 1.54) is 43.5 Å². The van der Waals surface area contributed by atoms with Crippen molar-refractivity contribution in [1.29, 1.82) is 5.41 Å². The molecule has 1 aromatic heterocycles. The zero-order chi connectivity index (χ0) is 22.9. The van der Waals surface area contributed by atoms with Gasteiger partial charge in [-0.05, 0) is 24.1 Å². The van der Waals surface area contributed by atoms with Crippen molar-refractivity contribution in [1.82, 2.24) is 9.55 Å². The van der Waals surface area contributed by atoms with Crippen molar-refractivity contribution in [3.8, 4) is 11.5 Å². The molecule has 0 unspecified atom stereocenters. The van der Waals surface area contributed by atoms with E-state index in [2.05, 4.69) is 6.92 Å². The maximum absolute atomic E-state index is 14.1. The molecule has 1 heterocycles. The molecular formula is C25H32FN3O2S. The molecule has 1 N–H and O–H groups in total. The lowest BCUT2D eigenvalue weighted by Crippen LogP contribution is -2.24. The fraction of sp³-hybridized carbons (Fsp3) is 0.440. The van der Waals surface area contributed by atoms with Crippen molar-refractivity contribution in [3.63, 3.8) is 0 Å². The molecule has 0 saturated heterocycles. The number of hydrogen-bond donors (Lipinski definition) is 1. The number of thioether (sulfide) groups is 1. The summed E-state index contributed by atoms with van der Waals surface area (Å²) in [6, 6.07) is 10.4. The van der Waals surface area contributed by atoms with Gasteiger partial charge in [0.05, 0.1) is 19.7 Å². The number of aromatic nitrogens is 2. The zero-order valence-corrected chi connectivity index (χ0v) is 19.9. The SMILES string of the molecule is CCCCCCCCn1c(SCc2ccccc2F)nc2cc(OC)c(OC)cc2c1=N. The second kappa shape index (κ2) is 11.9. The molecule has 3 rings (SSSR count). The topological polar surface area (TPSA) is 60.1 Å². The molecule has 0 fully saturated rings. The van der Waals surface area contributed by atoms with E-state index in [4.69, 9.17) is 19.9 Å². The summed E-state index contributed by atoms with van der Waals surface area (Å²) in [6.07, 6.45) is 7.03. The van der Waals surface area contributed by atoms with Crippen LogP contribution in [0, 0.1) is 11.2 Å². The molecule has 0 saturated carbocycles. The predicted octanol–water partition coefficient (Wildman–Crippen LogP) is 6.32. The summed E-state index contributed by atoms with van der Waals surface area (Å²) in [5.41, 5.74) is 1.69. The third-order valence-electron chi connectivity index (χ3n) is 5.52. The van der Waals surface area contributed by atoms with Crippen LogP contribution in [0.3, 0.4) is 0 Å². The van der Waals surface area contributed by atoms with Gasteiger partial charge in [-0.15, -0.1) is 0 Å². The fourth-order valence-corrected chi connectivity index (χ4v) is 4.70. The summed E-state index contributed by atoms with van der Waals surface area (Å²) in [5, 5.41) is 10.3. The van der Waals surface area contributed by atoms with E-state index in [0.717, 1.165) is 12.8 Å². The van der Waals surface area contributed by atoms with Crippen LogP contribution in [0.25, 0.3) is 10.9 Å². The summed E-state index contributed by atoms with van der Waals surface area (Å²) in [5.74, 6) is 1.38. The molecule has 172 valence electrons. The minimum absolute atomic E-state index is 0.222. The summed E-state index contributed by atoms with van der Waals surface area (Å²) >= 11 is 1.46. The van der Waals surface area contributed by atoms with Crippen LogP contribution in [0.2, 0.25) is 0 Å². The predicted molar refractivity (Wildman–Crippen MR) is 128 cm³/mol. The van der Waals surface area contributed by atoms with Crippen LogP contribution < -0.4 is 15.0 Å². The first-order valence-electron chi connectivity index (χ1n) is 11.2. The van der Waals surface area contributed by atoms with Gasteiger partial charge in [-0.1, -0.05) is 69.0 Å². The Bertz CT molecular complexity index is 1100. The first kappa shape index (κ1) is 24.1. The van der Waals surface area contributed by atoms with E-state index in [1.54, 1.807) is 32.4 Å². The Hall–Kier alpha value is -2.54. The van der Waals surface area contributed by atoms with Crippen molar-refractivity contribution >= 4 is 22.7 Å². The molecule has 3 aromatic rings. The van der Waals surface area contributed by atoms with Crippen molar-refractivity contribution in [2.45, 2.75) is 62.9 Å². The number of hydrogen-bond acceptors (Lipinski definition) is 5. The summed E-state index contributed by atoms with van der Waals surface area (Å²) < 4.78 is 26.9. The number of benzene rings is 2. The smallest absolute Gasteiger partial charge is 0.170 e. The molecule has 0 amide bonds. The standard InChI is InChI=1S/C25H32FN3O2S/c1-4-5-6-7-8-11-14-29-24(27)19-15-22(30-2)23(31-3)16-21(19)28-25(29)32-17-18-12-9-10-13-20(18)26/h9-10,12-13,15-16,27H,4-8,11,14,17H2,1-3H3. The van der Waals surface area contributed by atoms with Crippen molar-refractivity contribution < 1.29 is 13.9 Å². The van der Waals surface area contributed by atoms with Crippen molar-refractivity contribution in [2.24, 2.45) is 0 Å². The lowest BCUT2D eigenvalue weighted by molar-refractivity contribution is 0.355. The molecule has 0 bridgehead atoms. The Kier molecular flexibility index (Phi) is 8.97. The summed E-state index contributed by atoms with van der Waals surface area (Å²) in [7, 11) is 3.17. The van der Waals surface area contributed by atoms with E-state index in [1.807, 2.05) is 16.7 Å². The van der Waals surface area contributed by atoms with Gasteiger partial charge in [-0.2, -0.15) is 0 Å². The normalized spacial score (nSPS) is 11.1. The number of nitrogens with one attached hydrogen (secondary N) is 1. The first-order valence-corrected chi connectivity index (χ1v) is 12.1. The molecule has 0 atom stereocenters. The van der Waals surface area contributed by atoms with Gasteiger partial charge in [0.15, 0.2) is 16.7 Å². The number of nitrogens with zero attached hydrogens (tertiary/aromatic N) is 2. The van der Waals surface area contributed by atoms with Crippen LogP contribution in [0.1, 0.15) is 51.0 Å². The average Bonchev–Trinajstić information content (AvgIpc) is 2.81. The quantitative estimate of drug-likeness (QED) is 0.196. The Balaban J connectivity index is 1.93.